The standard InChI is InChI=1S/C15H20ClNO2/c1-11(18)12-5-6-14(13(16)9-12)17(2)10-15(19)7-3-4-8-15/h5-6,9,19H,3-4,7-8,10H2,1-2H3. The Kier molecular flexibility index (Phi) is 4.16. The van der Waals surface area contributed by atoms with Gasteiger partial charge in [0.1, 0.15) is 0 Å². The predicted octanol–water partition coefficient (Wildman–Crippen LogP) is 3.28. The van der Waals surface area contributed by atoms with Gasteiger partial charge in [0.15, 0.2) is 5.78 Å². The van der Waals surface area contributed by atoms with Crippen LogP contribution in [0.15, 0.2) is 18.2 Å². The van der Waals surface area contributed by atoms with Gasteiger partial charge in [-0.1, -0.05) is 24.4 Å². The third kappa shape index (κ3) is 3.28. The molecule has 0 unspecified atom stereocenters. The Morgan fingerprint density at radius 3 is 2.58 bits per heavy atom. The van der Waals surface area contributed by atoms with E-state index in [-0.39, 0.29) is 5.78 Å². The Balaban J connectivity index is 2.15. The maximum Gasteiger partial charge on any atom is 0.159 e. The average molecular weight is 282 g/mol. The first-order valence-electron chi connectivity index (χ1n) is 6.65. The van der Waals surface area contributed by atoms with E-state index in [2.05, 4.69) is 0 Å². The number of halogens is 1. The number of carbonyl (C=O) groups excluding carboxylic acids is 1. The van der Waals surface area contributed by atoms with Gasteiger partial charge in [-0.15, -0.1) is 0 Å². The molecule has 2 rings (SSSR count). The first-order chi connectivity index (χ1) is 8.91. The van der Waals surface area contributed by atoms with E-state index in [1.54, 1.807) is 12.1 Å². The highest BCUT2D eigenvalue weighted by atomic mass is 35.5. The minimum Gasteiger partial charge on any atom is -0.388 e. The zero-order chi connectivity index (χ0) is 14.0. The second-order valence-corrected chi connectivity index (χ2v) is 5.92. The summed E-state index contributed by atoms with van der Waals surface area (Å²) in [6, 6.07) is 5.31. The van der Waals surface area contributed by atoms with Crippen molar-refractivity contribution in [2.24, 2.45) is 0 Å². The highest BCUT2D eigenvalue weighted by Gasteiger charge is 2.32. The van der Waals surface area contributed by atoms with Gasteiger partial charge in [-0.25, -0.2) is 0 Å². The van der Waals surface area contributed by atoms with Crippen molar-refractivity contribution in [1.29, 1.82) is 0 Å². The van der Waals surface area contributed by atoms with Crippen molar-refractivity contribution < 1.29 is 9.90 Å². The normalized spacial score (nSPS) is 17.5. The molecule has 0 amide bonds. The van der Waals surface area contributed by atoms with Gasteiger partial charge in [-0.05, 0) is 38.0 Å². The quantitative estimate of drug-likeness (QED) is 0.861. The van der Waals surface area contributed by atoms with E-state index in [0.717, 1.165) is 31.4 Å². The second kappa shape index (κ2) is 5.51. The minimum absolute atomic E-state index is 0.00512. The molecule has 0 aromatic heterocycles. The Bertz CT molecular complexity index is 481. The Morgan fingerprint density at radius 2 is 2.05 bits per heavy atom. The number of nitrogens with zero attached hydrogens (tertiary/aromatic N) is 1. The average Bonchev–Trinajstić information content (AvgIpc) is 2.75. The van der Waals surface area contributed by atoms with Gasteiger partial charge in [0.05, 0.1) is 16.3 Å². The third-order valence-corrected chi connectivity index (χ3v) is 4.13. The molecule has 3 nitrogen and oxygen atoms in total. The SMILES string of the molecule is CC(=O)c1ccc(N(C)CC2(O)CCCC2)c(Cl)c1. The fourth-order valence-electron chi connectivity index (χ4n) is 2.75. The van der Waals surface area contributed by atoms with Crippen molar-refractivity contribution in [3.05, 3.63) is 28.8 Å². The molecule has 104 valence electrons. The summed E-state index contributed by atoms with van der Waals surface area (Å²) in [6.45, 7) is 2.10. The van der Waals surface area contributed by atoms with E-state index in [1.165, 1.54) is 6.92 Å². The second-order valence-electron chi connectivity index (χ2n) is 5.51. The van der Waals surface area contributed by atoms with Crippen LogP contribution in [0.5, 0.6) is 0 Å². The lowest BCUT2D eigenvalue weighted by Crippen LogP contribution is -2.39. The summed E-state index contributed by atoms with van der Waals surface area (Å²) in [6.07, 6.45) is 3.86. The predicted molar refractivity (Wildman–Crippen MR) is 78.1 cm³/mol. The lowest BCUT2D eigenvalue weighted by atomic mass is 10.0. The molecule has 0 spiro atoms. The lowest BCUT2D eigenvalue weighted by Gasteiger charge is -2.30. The Labute approximate surface area is 119 Å². The number of Topliss-reactive ketones (excluding diaryl/α,β-unsaturated/α-hetero) is 1. The smallest absolute Gasteiger partial charge is 0.159 e. The number of aliphatic hydroxyl groups is 1. The first-order valence-corrected chi connectivity index (χ1v) is 7.03. The Morgan fingerprint density at radius 1 is 1.42 bits per heavy atom. The molecule has 1 aromatic rings. The molecule has 1 aliphatic carbocycles. The fourth-order valence-corrected chi connectivity index (χ4v) is 3.08. The van der Waals surface area contributed by atoms with Crippen molar-refractivity contribution in [3.63, 3.8) is 0 Å². The van der Waals surface area contributed by atoms with E-state index < -0.39 is 5.60 Å². The van der Waals surface area contributed by atoms with Crippen molar-refractivity contribution in [2.45, 2.75) is 38.2 Å². The molecular formula is C15H20ClNO2. The number of anilines is 1. The molecule has 1 fully saturated rings. The lowest BCUT2D eigenvalue weighted by molar-refractivity contribution is 0.0559. The number of rotatable bonds is 4. The third-order valence-electron chi connectivity index (χ3n) is 3.83. The molecule has 0 aliphatic heterocycles. The summed E-state index contributed by atoms with van der Waals surface area (Å²) in [4.78, 5) is 13.3. The number of hydrogen-bond donors (Lipinski definition) is 1. The zero-order valence-electron chi connectivity index (χ0n) is 11.4. The molecular weight excluding hydrogens is 262 g/mol. The maximum atomic E-state index is 11.3. The number of carbonyl (C=O) groups is 1. The van der Waals surface area contributed by atoms with E-state index in [1.807, 2.05) is 18.0 Å². The molecule has 0 saturated heterocycles. The first kappa shape index (κ1) is 14.4. The van der Waals surface area contributed by atoms with Crippen molar-refractivity contribution in [3.8, 4) is 0 Å². The van der Waals surface area contributed by atoms with Crippen LogP contribution in [-0.4, -0.2) is 30.1 Å². The summed E-state index contributed by atoms with van der Waals surface area (Å²) >= 11 is 6.22. The fraction of sp³-hybridized carbons (Fsp3) is 0.533. The van der Waals surface area contributed by atoms with Gasteiger partial charge in [0.25, 0.3) is 0 Å². The van der Waals surface area contributed by atoms with Crippen LogP contribution < -0.4 is 4.90 Å². The maximum absolute atomic E-state index is 11.3. The van der Waals surface area contributed by atoms with E-state index >= 15 is 0 Å². The van der Waals surface area contributed by atoms with Crippen LogP contribution >= 0.6 is 11.6 Å². The van der Waals surface area contributed by atoms with Crippen LogP contribution in [-0.2, 0) is 0 Å². The number of ketones is 1. The van der Waals surface area contributed by atoms with Crippen LogP contribution in [0.3, 0.4) is 0 Å². The van der Waals surface area contributed by atoms with Crippen molar-refractivity contribution in [1.82, 2.24) is 0 Å². The van der Waals surface area contributed by atoms with Gasteiger partial charge in [0.2, 0.25) is 0 Å². The van der Waals surface area contributed by atoms with Gasteiger partial charge in [0, 0.05) is 19.2 Å². The molecule has 4 heteroatoms. The molecule has 0 radical (unpaired) electrons. The molecule has 1 N–H and O–H groups in total. The van der Waals surface area contributed by atoms with E-state index in [0.29, 0.717) is 17.1 Å². The Hall–Kier alpha value is -1.06. The van der Waals surface area contributed by atoms with Gasteiger partial charge >= 0.3 is 0 Å². The largest absolute Gasteiger partial charge is 0.388 e. The number of likely N-dealkylation sites (N-methyl/N-ethyl adjacent to an activating group) is 1. The number of hydrogen-bond acceptors (Lipinski definition) is 3. The van der Waals surface area contributed by atoms with Crippen LogP contribution in [0, 0.1) is 0 Å². The van der Waals surface area contributed by atoms with E-state index in [9.17, 15) is 9.90 Å². The van der Waals surface area contributed by atoms with Gasteiger partial charge in [-0.3, -0.25) is 4.79 Å². The van der Waals surface area contributed by atoms with Crippen molar-refractivity contribution >= 4 is 23.1 Å². The molecule has 0 atom stereocenters. The molecule has 0 heterocycles. The van der Waals surface area contributed by atoms with Crippen LogP contribution in [0.25, 0.3) is 0 Å². The highest BCUT2D eigenvalue weighted by molar-refractivity contribution is 6.33. The molecule has 1 saturated carbocycles. The van der Waals surface area contributed by atoms with Gasteiger partial charge < -0.3 is 10.0 Å². The molecule has 19 heavy (non-hydrogen) atoms. The topological polar surface area (TPSA) is 40.5 Å². The summed E-state index contributed by atoms with van der Waals surface area (Å²) in [5, 5.41) is 11.0. The summed E-state index contributed by atoms with van der Waals surface area (Å²) in [5.74, 6) is 0.00512. The van der Waals surface area contributed by atoms with E-state index in [4.69, 9.17) is 11.6 Å². The zero-order valence-corrected chi connectivity index (χ0v) is 12.2. The molecule has 1 aromatic carbocycles. The van der Waals surface area contributed by atoms with Crippen LogP contribution in [0.1, 0.15) is 43.0 Å². The molecule has 1 aliphatic rings. The van der Waals surface area contributed by atoms with Crippen molar-refractivity contribution in [2.75, 3.05) is 18.5 Å². The number of benzene rings is 1. The van der Waals surface area contributed by atoms with Gasteiger partial charge in [-0.2, -0.15) is 0 Å². The monoisotopic (exact) mass is 281 g/mol. The summed E-state index contributed by atoms with van der Waals surface area (Å²) in [7, 11) is 1.92. The summed E-state index contributed by atoms with van der Waals surface area (Å²) < 4.78 is 0. The van der Waals surface area contributed by atoms with Crippen LogP contribution in [0.4, 0.5) is 5.69 Å². The minimum atomic E-state index is -0.600. The molecule has 0 bridgehead atoms. The van der Waals surface area contributed by atoms with Crippen LogP contribution in [0.2, 0.25) is 5.02 Å². The summed E-state index contributed by atoms with van der Waals surface area (Å²) in [5.41, 5.74) is 0.867. The highest BCUT2D eigenvalue weighted by Crippen LogP contribution is 2.33.